The summed E-state index contributed by atoms with van der Waals surface area (Å²) in [5.74, 6) is 1.58. The molecule has 0 aliphatic heterocycles. The maximum atomic E-state index is 6.75. The third kappa shape index (κ3) is 6.61. The highest BCUT2D eigenvalue weighted by molar-refractivity contribution is 6.06. The van der Waals surface area contributed by atoms with Crippen LogP contribution in [-0.2, 0) is 6.42 Å². The summed E-state index contributed by atoms with van der Waals surface area (Å²) >= 11 is 0. The lowest BCUT2D eigenvalue weighted by Crippen LogP contribution is -2.14. The number of nitrogens with zero attached hydrogens (tertiary/aromatic N) is 2. The third-order valence-corrected chi connectivity index (χ3v) is 12.5. The molecule has 0 fully saturated rings. The molecule has 0 spiro atoms. The molecule has 0 amide bonds. The number of furan rings is 1. The highest BCUT2D eigenvalue weighted by Gasteiger charge is 2.32. The predicted octanol–water partition coefficient (Wildman–Crippen LogP) is 16.1. The zero-order valence-electron chi connectivity index (χ0n) is 34.4. The van der Waals surface area contributed by atoms with Crippen LogP contribution in [0.5, 0.6) is 0 Å². The maximum Gasteiger partial charge on any atom is 0.226 e. The topological polar surface area (TPSA) is 42.4 Å². The van der Waals surface area contributed by atoms with Crippen molar-refractivity contribution in [3.63, 3.8) is 0 Å². The van der Waals surface area contributed by atoms with Crippen LogP contribution in [-0.4, -0.2) is 4.98 Å². The van der Waals surface area contributed by atoms with Crippen molar-refractivity contribution in [2.24, 2.45) is 0 Å². The van der Waals surface area contributed by atoms with E-state index in [4.69, 9.17) is 13.8 Å². The Labute approximate surface area is 366 Å². The highest BCUT2D eigenvalue weighted by Crippen LogP contribution is 2.48. The van der Waals surface area contributed by atoms with E-state index in [9.17, 15) is 0 Å². The van der Waals surface area contributed by atoms with Crippen molar-refractivity contribution in [3.8, 4) is 56.1 Å². The summed E-state index contributed by atoms with van der Waals surface area (Å²) in [6.07, 6.45) is 0.687. The van der Waals surface area contributed by atoms with E-state index in [0.717, 1.165) is 78.3 Å². The second-order valence-electron chi connectivity index (χ2n) is 16.2. The molecule has 1 aliphatic rings. The van der Waals surface area contributed by atoms with E-state index in [2.05, 4.69) is 211 Å². The van der Waals surface area contributed by atoms with Crippen LogP contribution in [0.25, 0.3) is 78.0 Å². The summed E-state index contributed by atoms with van der Waals surface area (Å²) in [4.78, 5) is 7.52. The van der Waals surface area contributed by atoms with Crippen LogP contribution in [0.2, 0.25) is 0 Å². The Balaban J connectivity index is 0.989. The van der Waals surface area contributed by atoms with Crippen molar-refractivity contribution in [1.29, 1.82) is 0 Å². The SMILES string of the molecule is c1ccc(-c2ccc(-c3nc4c(o3)CC(c3ccc(N(c5cccc(-c6ccccc6)c5)c5ccc6c(c5)oc5ccccc56)cc3-c3ccccc3)c3ccccc3-4)cc2)cc1. The number of fused-ring (bicyclic) bond motifs is 6. The van der Waals surface area contributed by atoms with Crippen LogP contribution in [0.3, 0.4) is 0 Å². The largest absolute Gasteiger partial charge is 0.456 e. The minimum atomic E-state index is 0.0287. The molecule has 0 saturated carbocycles. The van der Waals surface area contributed by atoms with Gasteiger partial charge in [-0.05, 0) is 99.1 Å². The number of aromatic nitrogens is 1. The Morgan fingerprint density at radius 1 is 0.381 bits per heavy atom. The monoisotopic (exact) mass is 808 g/mol. The van der Waals surface area contributed by atoms with E-state index in [-0.39, 0.29) is 5.92 Å². The van der Waals surface area contributed by atoms with Crippen LogP contribution in [0.1, 0.15) is 22.8 Å². The van der Waals surface area contributed by atoms with Crippen LogP contribution in [0.15, 0.2) is 233 Å². The molecule has 12 rings (SSSR count). The van der Waals surface area contributed by atoms with E-state index >= 15 is 0 Å². The molecular weight excluding hydrogens is 769 g/mol. The Morgan fingerprint density at radius 3 is 1.75 bits per heavy atom. The summed E-state index contributed by atoms with van der Waals surface area (Å²) in [5.41, 5.74) is 17.3. The molecule has 1 aliphatic carbocycles. The number of hydrogen-bond donors (Lipinski definition) is 0. The quantitative estimate of drug-likeness (QED) is 0.153. The van der Waals surface area contributed by atoms with Gasteiger partial charge in [-0.1, -0.05) is 164 Å². The van der Waals surface area contributed by atoms with Crippen molar-refractivity contribution in [1.82, 2.24) is 4.98 Å². The standard InChI is InChI=1S/C59H40N2O2/c1-4-15-39(16-5-1)41-27-29-43(30-28-41)59-60-58-52-25-11-10-23-48(52)54(38-57(58)63-59)49-33-31-46(36-53(49)42-19-8-3-9-20-42)61(45-22-14-21-44(35-45)40-17-6-2-7-18-40)47-32-34-51-50-24-12-13-26-55(50)62-56(51)37-47/h1-37,54H,38H2. The highest BCUT2D eigenvalue weighted by atomic mass is 16.4. The molecule has 2 heterocycles. The zero-order chi connectivity index (χ0) is 41.7. The van der Waals surface area contributed by atoms with Gasteiger partial charge in [0.05, 0.1) is 0 Å². The fourth-order valence-electron chi connectivity index (χ4n) is 9.46. The molecule has 4 heteroatoms. The first kappa shape index (κ1) is 36.6. The normalized spacial score (nSPS) is 13.2. The van der Waals surface area contributed by atoms with Gasteiger partial charge in [-0.3, -0.25) is 0 Å². The Hall–Kier alpha value is -8.21. The van der Waals surface area contributed by atoms with Crippen LogP contribution < -0.4 is 4.90 Å². The molecule has 1 unspecified atom stereocenters. The molecule has 63 heavy (non-hydrogen) atoms. The molecule has 0 bridgehead atoms. The fraction of sp³-hybridized carbons (Fsp3) is 0.0339. The summed E-state index contributed by atoms with van der Waals surface area (Å²) in [6, 6.07) is 79.6. The molecule has 298 valence electrons. The first-order valence-electron chi connectivity index (χ1n) is 21.5. The molecule has 1 atom stereocenters. The molecule has 9 aromatic carbocycles. The Morgan fingerprint density at radius 2 is 0.952 bits per heavy atom. The van der Waals surface area contributed by atoms with Crippen LogP contribution in [0, 0.1) is 0 Å². The minimum Gasteiger partial charge on any atom is -0.456 e. The van der Waals surface area contributed by atoms with Gasteiger partial charge in [0, 0.05) is 57.4 Å². The van der Waals surface area contributed by atoms with Crippen molar-refractivity contribution >= 4 is 39.0 Å². The van der Waals surface area contributed by atoms with E-state index in [0.29, 0.717) is 12.3 Å². The van der Waals surface area contributed by atoms with Crippen LogP contribution in [0.4, 0.5) is 17.1 Å². The molecule has 0 radical (unpaired) electrons. The lowest BCUT2D eigenvalue weighted by atomic mass is 9.77. The first-order valence-corrected chi connectivity index (χ1v) is 21.5. The van der Waals surface area contributed by atoms with Gasteiger partial charge in [-0.2, -0.15) is 0 Å². The second kappa shape index (κ2) is 15.4. The van der Waals surface area contributed by atoms with E-state index < -0.39 is 0 Å². The zero-order valence-corrected chi connectivity index (χ0v) is 34.4. The summed E-state index contributed by atoms with van der Waals surface area (Å²) in [7, 11) is 0. The first-order chi connectivity index (χ1) is 31.2. The van der Waals surface area contributed by atoms with Gasteiger partial charge in [0.2, 0.25) is 5.89 Å². The number of anilines is 3. The van der Waals surface area contributed by atoms with Crippen molar-refractivity contribution in [3.05, 3.63) is 241 Å². The number of hydrogen-bond acceptors (Lipinski definition) is 4. The third-order valence-electron chi connectivity index (χ3n) is 12.5. The minimum absolute atomic E-state index is 0.0287. The summed E-state index contributed by atoms with van der Waals surface area (Å²) < 4.78 is 13.2. The average molecular weight is 809 g/mol. The molecule has 4 nitrogen and oxygen atoms in total. The lowest BCUT2D eigenvalue weighted by Gasteiger charge is -2.30. The smallest absolute Gasteiger partial charge is 0.226 e. The van der Waals surface area contributed by atoms with E-state index in [1.165, 1.54) is 27.8 Å². The molecule has 0 N–H and O–H groups in total. The molecule has 0 saturated heterocycles. The molecular formula is C59H40N2O2. The Bertz CT molecular complexity index is 3420. The van der Waals surface area contributed by atoms with Gasteiger partial charge in [-0.25, -0.2) is 4.98 Å². The number of oxazole rings is 1. The predicted molar refractivity (Wildman–Crippen MR) is 258 cm³/mol. The lowest BCUT2D eigenvalue weighted by molar-refractivity contribution is 0.504. The van der Waals surface area contributed by atoms with E-state index in [1.807, 2.05) is 18.2 Å². The summed E-state index contributed by atoms with van der Waals surface area (Å²) in [5, 5.41) is 2.21. The van der Waals surface area contributed by atoms with Crippen molar-refractivity contribution in [2.45, 2.75) is 12.3 Å². The number of benzene rings is 9. The van der Waals surface area contributed by atoms with Crippen LogP contribution >= 0.6 is 0 Å². The maximum absolute atomic E-state index is 6.75. The van der Waals surface area contributed by atoms with Gasteiger partial charge in [0.1, 0.15) is 22.6 Å². The number of rotatable bonds is 8. The van der Waals surface area contributed by atoms with Crippen molar-refractivity contribution < 1.29 is 8.83 Å². The number of para-hydroxylation sites is 1. The second-order valence-corrected chi connectivity index (χ2v) is 16.2. The Kier molecular flexibility index (Phi) is 8.93. The van der Waals surface area contributed by atoms with E-state index in [1.54, 1.807) is 0 Å². The summed E-state index contributed by atoms with van der Waals surface area (Å²) in [6.45, 7) is 0. The average Bonchev–Trinajstić information content (AvgIpc) is 3.97. The van der Waals surface area contributed by atoms with Gasteiger partial charge in [0.25, 0.3) is 0 Å². The fourth-order valence-corrected chi connectivity index (χ4v) is 9.46. The van der Waals surface area contributed by atoms with Gasteiger partial charge >= 0.3 is 0 Å². The van der Waals surface area contributed by atoms with Crippen molar-refractivity contribution in [2.75, 3.05) is 4.90 Å². The molecule has 2 aromatic heterocycles. The molecule has 11 aromatic rings. The van der Waals surface area contributed by atoms with Gasteiger partial charge in [-0.15, -0.1) is 0 Å². The van der Waals surface area contributed by atoms with Gasteiger partial charge < -0.3 is 13.7 Å². The van der Waals surface area contributed by atoms with Gasteiger partial charge in [0.15, 0.2) is 0 Å².